The van der Waals surface area contributed by atoms with Crippen LogP contribution in [0.2, 0.25) is 0 Å². The zero-order chi connectivity index (χ0) is 14.1. The molecule has 106 valence electrons. The molecule has 0 spiro atoms. The molecule has 0 aliphatic rings. The molecule has 0 radical (unpaired) electrons. The summed E-state index contributed by atoms with van der Waals surface area (Å²) < 4.78 is 5.67. The molecule has 1 unspecified atom stereocenters. The highest BCUT2D eigenvalue weighted by molar-refractivity contribution is 5.34. The van der Waals surface area contributed by atoms with Gasteiger partial charge in [-0.3, -0.25) is 0 Å². The first kappa shape index (κ1) is 15.7. The van der Waals surface area contributed by atoms with Crippen LogP contribution in [-0.2, 0) is 6.42 Å². The van der Waals surface area contributed by atoms with Crippen LogP contribution in [0.5, 0.6) is 5.75 Å². The molecular weight excluding hydrogens is 238 g/mol. The minimum Gasteiger partial charge on any atom is -0.491 e. The average Bonchev–Trinajstić information content (AvgIpc) is 2.37. The Bertz CT molecular complexity index is 377. The van der Waals surface area contributed by atoms with Gasteiger partial charge >= 0.3 is 0 Å². The Balaban J connectivity index is 2.37. The van der Waals surface area contributed by atoms with Crippen LogP contribution < -0.4 is 10.1 Å². The Morgan fingerprint density at radius 1 is 1.32 bits per heavy atom. The Kier molecular flexibility index (Phi) is 7.23. The number of hydrogen-bond acceptors (Lipinski definition) is 3. The first-order valence-electron chi connectivity index (χ1n) is 6.83. The van der Waals surface area contributed by atoms with Gasteiger partial charge in [0, 0.05) is 6.54 Å². The van der Waals surface area contributed by atoms with Gasteiger partial charge in [-0.15, -0.1) is 6.58 Å². The van der Waals surface area contributed by atoms with Crippen molar-refractivity contribution < 1.29 is 9.84 Å². The average molecular weight is 263 g/mol. The quantitative estimate of drug-likeness (QED) is 0.672. The number of aliphatic hydroxyl groups excluding tert-OH is 1. The van der Waals surface area contributed by atoms with E-state index in [0.29, 0.717) is 19.1 Å². The molecule has 0 fully saturated rings. The number of benzene rings is 1. The second-order valence-electron chi connectivity index (χ2n) is 5.12. The molecule has 0 heterocycles. The summed E-state index contributed by atoms with van der Waals surface area (Å²) in [6.07, 6.45) is 2.14. The first-order valence-corrected chi connectivity index (χ1v) is 6.83. The van der Waals surface area contributed by atoms with Crippen LogP contribution in [0.3, 0.4) is 0 Å². The van der Waals surface area contributed by atoms with Crippen molar-refractivity contribution in [3.8, 4) is 5.75 Å². The topological polar surface area (TPSA) is 41.5 Å². The molecule has 0 saturated heterocycles. The van der Waals surface area contributed by atoms with Crippen molar-refractivity contribution in [3.05, 3.63) is 42.5 Å². The zero-order valence-electron chi connectivity index (χ0n) is 11.9. The molecule has 1 aromatic rings. The van der Waals surface area contributed by atoms with Crippen molar-refractivity contribution >= 4 is 0 Å². The van der Waals surface area contributed by atoms with Gasteiger partial charge in [0.05, 0.1) is 0 Å². The van der Waals surface area contributed by atoms with E-state index < -0.39 is 6.10 Å². The van der Waals surface area contributed by atoms with Gasteiger partial charge in [-0.2, -0.15) is 0 Å². The molecule has 3 nitrogen and oxygen atoms in total. The van der Waals surface area contributed by atoms with Crippen molar-refractivity contribution in [2.24, 2.45) is 5.92 Å². The van der Waals surface area contributed by atoms with Crippen LogP contribution in [-0.4, -0.2) is 30.9 Å². The second kappa shape index (κ2) is 8.73. The van der Waals surface area contributed by atoms with Gasteiger partial charge in [0.15, 0.2) is 0 Å². The lowest BCUT2D eigenvalue weighted by molar-refractivity contribution is 0.105. The molecule has 0 bridgehead atoms. The number of para-hydroxylation sites is 1. The Morgan fingerprint density at radius 2 is 2.05 bits per heavy atom. The van der Waals surface area contributed by atoms with Gasteiger partial charge in [-0.25, -0.2) is 0 Å². The van der Waals surface area contributed by atoms with Crippen LogP contribution in [0.1, 0.15) is 19.4 Å². The Labute approximate surface area is 116 Å². The summed E-state index contributed by atoms with van der Waals surface area (Å²) in [5.74, 6) is 1.41. The number of hydrogen-bond donors (Lipinski definition) is 2. The van der Waals surface area contributed by atoms with Crippen LogP contribution in [0, 0.1) is 5.92 Å². The maximum Gasteiger partial charge on any atom is 0.122 e. The standard InChI is InChI=1S/C16H25NO2/c1-4-7-14-8-5-6-9-16(14)19-12-15(18)11-17-10-13(2)3/h4-6,8-9,13,15,17-18H,1,7,10-12H2,2-3H3. The van der Waals surface area contributed by atoms with E-state index in [1.807, 2.05) is 30.3 Å². The van der Waals surface area contributed by atoms with Crippen molar-refractivity contribution in [1.82, 2.24) is 5.32 Å². The molecule has 0 aliphatic carbocycles. The summed E-state index contributed by atoms with van der Waals surface area (Å²) in [6.45, 7) is 9.78. The highest BCUT2D eigenvalue weighted by atomic mass is 16.5. The van der Waals surface area contributed by atoms with Gasteiger partial charge in [-0.05, 0) is 30.5 Å². The second-order valence-corrected chi connectivity index (χ2v) is 5.12. The lowest BCUT2D eigenvalue weighted by Gasteiger charge is -2.15. The summed E-state index contributed by atoms with van der Waals surface area (Å²) in [4.78, 5) is 0. The first-order chi connectivity index (χ1) is 9.13. The van der Waals surface area contributed by atoms with Gasteiger partial charge in [-0.1, -0.05) is 38.1 Å². The predicted octanol–water partition coefficient (Wildman–Crippen LogP) is 2.40. The summed E-state index contributed by atoms with van der Waals surface area (Å²) in [5, 5.41) is 13.1. The summed E-state index contributed by atoms with van der Waals surface area (Å²) in [5.41, 5.74) is 1.10. The number of allylic oxidation sites excluding steroid dienone is 1. The fourth-order valence-electron chi connectivity index (χ4n) is 1.75. The molecule has 1 rings (SSSR count). The summed E-state index contributed by atoms with van der Waals surface area (Å²) >= 11 is 0. The SMILES string of the molecule is C=CCc1ccccc1OCC(O)CNCC(C)C. The van der Waals surface area contributed by atoms with Gasteiger partial charge < -0.3 is 15.2 Å². The number of nitrogens with one attached hydrogen (secondary N) is 1. The summed E-state index contributed by atoms with van der Waals surface area (Å²) in [7, 11) is 0. The molecular formula is C16H25NO2. The largest absolute Gasteiger partial charge is 0.491 e. The minimum atomic E-state index is -0.490. The third-order valence-electron chi connectivity index (χ3n) is 2.70. The minimum absolute atomic E-state index is 0.305. The molecule has 0 saturated carbocycles. The van der Waals surface area contributed by atoms with E-state index in [0.717, 1.165) is 24.3 Å². The van der Waals surface area contributed by atoms with E-state index in [2.05, 4.69) is 25.7 Å². The normalized spacial score (nSPS) is 12.4. The highest BCUT2D eigenvalue weighted by Crippen LogP contribution is 2.18. The Morgan fingerprint density at radius 3 is 2.74 bits per heavy atom. The van der Waals surface area contributed by atoms with Gasteiger partial charge in [0.1, 0.15) is 18.5 Å². The van der Waals surface area contributed by atoms with Gasteiger partial charge in [0.2, 0.25) is 0 Å². The predicted molar refractivity (Wildman–Crippen MR) is 79.6 cm³/mol. The number of aliphatic hydroxyl groups is 1. The zero-order valence-corrected chi connectivity index (χ0v) is 11.9. The molecule has 0 amide bonds. The molecule has 1 atom stereocenters. The highest BCUT2D eigenvalue weighted by Gasteiger charge is 2.07. The number of ether oxygens (including phenoxy) is 1. The van der Waals surface area contributed by atoms with E-state index in [1.54, 1.807) is 0 Å². The van der Waals surface area contributed by atoms with Crippen LogP contribution in [0.25, 0.3) is 0 Å². The number of rotatable bonds is 9. The fraction of sp³-hybridized carbons (Fsp3) is 0.500. The van der Waals surface area contributed by atoms with E-state index in [1.165, 1.54) is 0 Å². The lowest BCUT2D eigenvalue weighted by Crippen LogP contribution is -2.33. The van der Waals surface area contributed by atoms with E-state index in [4.69, 9.17) is 4.74 Å². The van der Waals surface area contributed by atoms with Crippen LogP contribution in [0.4, 0.5) is 0 Å². The maximum absolute atomic E-state index is 9.84. The van der Waals surface area contributed by atoms with Crippen molar-refractivity contribution in [2.75, 3.05) is 19.7 Å². The monoisotopic (exact) mass is 263 g/mol. The summed E-state index contributed by atoms with van der Waals surface area (Å²) in [6, 6.07) is 7.85. The van der Waals surface area contributed by atoms with E-state index in [-0.39, 0.29) is 0 Å². The molecule has 2 N–H and O–H groups in total. The van der Waals surface area contributed by atoms with Crippen molar-refractivity contribution in [2.45, 2.75) is 26.4 Å². The van der Waals surface area contributed by atoms with Crippen molar-refractivity contribution in [3.63, 3.8) is 0 Å². The van der Waals surface area contributed by atoms with Crippen LogP contribution >= 0.6 is 0 Å². The fourth-order valence-corrected chi connectivity index (χ4v) is 1.75. The molecule has 3 heteroatoms. The lowest BCUT2D eigenvalue weighted by atomic mass is 10.1. The Hall–Kier alpha value is -1.32. The molecule has 19 heavy (non-hydrogen) atoms. The van der Waals surface area contributed by atoms with E-state index in [9.17, 15) is 5.11 Å². The maximum atomic E-state index is 9.84. The third-order valence-corrected chi connectivity index (χ3v) is 2.70. The van der Waals surface area contributed by atoms with E-state index >= 15 is 0 Å². The molecule has 0 aromatic heterocycles. The molecule has 1 aromatic carbocycles. The third kappa shape index (κ3) is 6.41. The smallest absolute Gasteiger partial charge is 0.122 e. The van der Waals surface area contributed by atoms with Crippen molar-refractivity contribution in [1.29, 1.82) is 0 Å². The molecule has 0 aliphatic heterocycles. The van der Waals surface area contributed by atoms with Crippen LogP contribution in [0.15, 0.2) is 36.9 Å². The van der Waals surface area contributed by atoms with Gasteiger partial charge in [0.25, 0.3) is 0 Å².